The first kappa shape index (κ1) is 12.0. The standard InChI is InChI=1S/C11H21N3O/c1-2-9-15-10-6-13-11(12)14-7-4-3-5-8-14/h2H,1,3-10H2,(H2,12,13). The first-order valence-corrected chi connectivity index (χ1v) is 5.58. The number of ether oxygens (including phenoxy) is 1. The highest BCUT2D eigenvalue weighted by Crippen LogP contribution is 2.07. The normalized spacial score (nSPS) is 17.9. The van der Waals surface area contributed by atoms with Gasteiger partial charge in [0, 0.05) is 13.1 Å². The Kier molecular flexibility index (Phi) is 5.85. The van der Waals surface area contributed by atoms with Crippen molar-refractivity contribution in [3.8, 4) is 0 Å². The van der Waals surface area contributed by atoms with Crippen molar-refractivity contribution in [1.82, 2.24) is 4.90 Å². The lowest BCUT2D eigenvalue weighted by molar-refractivity contribution is 0.170. The molecule has 1 aliphatic heterocycles. The van der Waals surface area contributed by atoms with E-state index in [0.29, 0.717) is 25.7 Å². The van der Waals surface area contributed by atoms with E-state index in [-0.39, 0.29) is 0 Å². The number of rotatable bonds is 5. The van der Waals surface area contributed by atoms with Gasteiger partial charge in [-0.1, -0.05) is 6.08 Å². The number of hydrogen-bond donors (Lipinski definition) is 1. The number of nitrogens with zero attached hydrogens (tertiary/aromatic N) is 2. The molecule has 0 atom stereocenters. The lowest BCUT2D eigenvalue weighted by Gasteiger charge is -2.27. The minimum absolute atomic E-state index is 0.582. The summed E-state index contributed by atoms with van der Waals surface area (Å²) >= 11 is 0. The zero-order chi connectivity index (χ0) is 10.9. The summed E-state index contributed by atoms with van der Waals surface area (Å²) in [4.78, 5) is 6.43. The third kappa shape index (κ3) is 4.83. The molecule has 0 aliphatic carbocycles. The Balaban J connectivity index is 2.16. The molecule has 86 valence electrons. The highest BCUT2D eigenvalue weighted by molar-refractivity contribution is 5.78. The van der Waals surface area contributed by atoms with Gasteiger partial charge in [-0.25, -0.2) is 0 Å². The predicted octanol–water partition coefficient (Wildman–Crippen LogP) is 0.990. The zero-order valence-electron chi connectivity index (χ0n) is 9.32. The number of aliphatic imine (C=N–C) groups is 1. The Morgan fingerprint density at radius 1 is 1.40 bits per heavy atom. The van der Waals surface area contributed by atoms with Crippen molar-refractivity contribution < 1.29 is 4.74 Å². The van der Waals surface area contributed by atoms with E-state index in [2.05, 4.69) is 16.5 Å². The highest BCUT2D eigenvalue weighted by atomic mass is 16.5. The Labute approximate surface area is 91.8 Å². The molecular weight excluding hydrogens is 190 g/mol. The van der Waals surface area contributed by atoms with Gasteiger partial charge in [0.25, 0.3) is 0 Å². The highest BCUT2D eigenvalue weighted by Gasteiger charge is 2.11. The summed E-state index contributed by atoms with van der Waals surface area (Å²) in [5.41, 5.74) is 5.86. The predicted molar refractivity (Wildman–Crippen MR) is 62.9 cm³/mol. The minimum atomic E-state index is 0.582. The third-order valence-electron chi connectivity index (χ3n) is 2.43. The van der Waals surface area contributed by atoms with Crippen LogP contribution in [0.25, 0.3) is 0 Å². The van der Waals surface area contributed by atoms with E-state index >= 15 is 0 Å². The van der Waals surface area contributed by atoms with Crippen molar-refractivity contribution in [3.05, 3.63) is 12.7 Å². The summed E-state index contributed by atoms with van der Waals surface area (Å²) in [6.07, 6.45) is 5.50. The SMILES string of the molecule is C=CCOCCN=C(N)N1CCCCC1. The maximum atomic E-state index is 5.86. The number of hydrogen-bond acceptors (Lipinski definition) is 2. The van der Waals surface area contributed by atoms with Crippen molar-refractivity contribution in [2.45, 2.75) is 19.3 Å². The van der Waals surface area contributed by atoms with E-state index in [4.69, 9.17) is 10.5 Å². The van der Waals surface area contributed by atoms with Gasteiger partial charge in [0.1, 0.15) is 0 Å². The van der Waals surface area contributed by atoms with E-state index in [1.807, 2.05) is 0 Å². The fourth-order valence-electron chi connectivity index (χ4n) is 1.61. The quantitative estimate of drug-likeness (QED) is 0.319. The molecule has 2 N–H and O–H groups in total. The van der Waals surface area contributed by atoms with Gasteiger partial charge in [-0.15, -0.1) is 6.58 Å². The van der Waals surface area contributed by atoms with Gasteiger partial charge < -0.3 is 15.4 Å². The van der Waals surface area contributed by atoms with Crippen LogP contribution in [0, 0.1) is 0 Å². The molecule has 0 aromatic carbocycles. The van der Waals surface area contributed by atoms with Crippen molar-refractivity contribution in [3.63, 3.8) is 0 Å². The fourth-order valence-corrected chi connectivity index (χ4v) is 1.61. The summed E-state index contributed by atoms with van der Waals surface area (Å²) in [5.74, 6) is 0.664. The first-order chi connectivity index (χ1) is 7.34. The lowest BCUT2D eigenvalue weighted by atomic mass is 10.1. The van der Waals surface area contributed by atoms with Gasteiger partial charge in [-0.05, 0) is 19.3 Å². The molecule has 0 saturated carbocycles. The molecule has 4 heteroatoms. The zero-order valence-corrected chi connectivity index (χ0v) is 9.32. The molecule has 0 radical (unpaired) electrons. The smallest absolute Gasteiger partial charge is 0.191 e. The number of guanidine groups is 1. The van der Waals surface area contributed by atoms with E-state index in [0.717, 1.165) is 13.1 Å². The van der Waals surface area contributed by atoms with Crippen LogP contribution < -0.4 is 5.73 Å². The molecule has 1 aliphatic rings. The van der Waals surface area contributed by atoms with Crippen LogP contribution in [0.4, 0.5) is 0 Å². The van der Waals surface area contributed by atoms with Crippen molar-refractivity contribution in [1.29, 1.82) is 0 Å². The molecule has 1 fully saturated rings. The molecule has 0 spiro atoms. The van der Waals surface area contributed by atoms with Crippen LogP contribution in [0.1, 0.15) is 19.3 Å². The van der Waals surface area contributed by atoms with Gasteiger partial charge in [0.2, 0.25) is 0 Å². The number of likely N-dealkylation sites (tertiary alicyclic amines) is 1. The summed E-state index contributed by atoms with van der Waals surface area (Å²) in [5, 5.41) is 0. The molecule has 4 nitrogen and oxygen atoms in total. The van der Waals surface area contributed by atoms with Crippen LogP contribution in [-0.4, -0.2) is 43.7 Å². The van der Waals surface area contributed by atoms with Gasteiger partial charge in [0.05, 0.1) is 19.8 Å². The lowest BCUT2D eigenvalue weighted by Crippen LogP contribution is -2.41. The van der Waals surface area contributed by atoms with Crippen LogP contribution in [0.2, 0.25) is 0 Å². The fraction of sp³-hybridized carbons (Fsp3) is 0.727. The summed E-state index contributed by atoms with van der Waals surface area (Å²) in [6, 6.07) is 0. The molecular formula is C11H21N3O. The molecule has 0 aromatic rings. The molecule has 0 aromatic heterocycles. The Hall–Kier alpha value is -1.03. The Morgan fingerprint density at radius 3 is 2.80 bits per heavy atom. The van der Waals surface area contributed by atoms with Crippen molar-refractivity contribution >= 4 is 5.96 Å². The van der Waals surface area contributed by atoms with E-state index in [1.165, 1.54) is 19.3 Å². The average Bonchev–Trinajstić information content (AvgIpc) is 2.30. The van der Waals surface area contributed by atoms with Gasteiger partial charge in [-0.3, -0.25) is 4.99 Å². The van der Waals surface area contributed by atoms with Crippen LogP contribution in [0.15, 0.2) is 17.6 Å². The van der Waals surface area contributed by atoms with Gasteiger partial charge >= 0.3 is 0 Å². The number of nitrogens with two attached hydrogens (primary N) is 1. The Bertz CT molecular complexity index is 210. The largest absolute Gasteiger partial charge is 0.375 e. The first-order valence-electron chi connectivity index (χ1n) is 5.58. The molecule has 0 unspecified atom stereocenters. The number of piperidine rings is 1. The second kappa shape index (κ2) is 7.29. The second-order valence-corrected chi connectivity index (χ2v) is 3.65. The maximum absolute atomic E-state index is 5.86. The Morgan fingerprint density at radius 2 is 2.13 bits per heavy atom. The molecule has 0 bridgehead atoms. The summed E-state index contributed by atoms with van der Waals surface area (Å²) in [7, 11) is 0. The van der Waals surface area contributed by atoms with Crippen molar-refractivity contribution in [2.75, 3.05) is 32.8 Å². The van der Waals surface area contributed by atoms with E-state index < -0.39 is 0 Å². The summed E-state index contributed by atoms with van der Waals surface area (Å²) in [6.45, 7) is 7.49. The van der Waals surface area contributed by atoms with Crippen LogP contribution in [-0.2, 0) is 4.74 Å². The van der Waals surface area contributed by atoms with Crippen LogP contribution in [0.3, 0.4) is 0 Å². The molecule has 15 heavy (non-hydrogen) atoms. The van der Waals surface area contributed by atoms with Crippen LogP contribution >= 0.6 is 0 Å². The van der Waals surface area contributed by atoms with Gasteiger partial charge in [-0.2, -0.15) is 0 Å². The molecule has 1 heterocycles. The molecule has 0 amide bonds. The maximum Gasteiger partial charge on any atom is 0.191 e. The monoisotopic (exact) mass is 211 g/mol. The van der Waals surface area contributed by atoms with Gasteiger partial charge in [0.15, 0.2) is 5.96 Å². The minimum Gasteiger partial charge on any atom is -0.375 e. The molecule has 1 rings (SSSR count). The summed E-state index contributed by atoms with van der Waals surface area (Å²) < 4.78 is 5.22. The van der Waals surface area contributed by atoms with E-state index in [9.17, 15) is 0 Å². The van der Waals surface area contributed by atoms with E-state index in [1.54, 1.807) is 6.08 Å². The average molecular weight is 211 g/mol. The topological polar surface area (TPSA) is 50.9 Å². The van der Waals surface area contributed by atoms with Crippen molar-refractivity contribution in [2.24, 2.45) is 10.7 Å². The van der Waals surface area contributed by atoms with Crippen LogP contribution in [0.5, 0.6) is 0 Å². The molecule has 1 saturated heterocycles. The third-order valence-corrected chi connectivity index (χ3v) is 2.43. The second-order valence-electron chi connectivity index (χ2n) is 3.65.